The van der Waals surface area contributed by atoms with Gasteiger partial charge in [0.2, 0.25) is 5.88 Å². The van der Waals surface area contributed by atoms with Crippen LogP contribution in [0.15, 0.2) is 6.20 Å². The molecule has 1 aromatic heterocycles. The summed E-state index contributed by atoms with van der Waals surface area (Å²) in [7, 11) is 1.63. The summed E-state index contributed by atoms with van der Waals surface area (Å²) in [6, 6.07) is 0. The number of aryl methyl sites for hydroxylation is 1. The quantitative estimate of drug-likeness (QED) is 0.746. The molecule has 1 rings (SSSR count). The molecule has 4 heteroatoms. The van der Waals surface area contributed by atoms with E-state index in [0.29, 0.717) is 5.88 Å². The highest BCUT2D eigenvalue weighted by Gasteiger charge is 2.03. The Kier molecular flexibility index (Phi) is 2.53. The van der Waals surface area contributed by atoms with Crippen LogP contribution in [0.2, 0.25) is 0 Å². The zero-order chi connectivity index (χ0) is 7.56. The van der Waals surface area contributed by atoms with Crippen LogP contribution >= 0.6 is 22.6 Å². The van der Waals surface area contributed by atoms with Gasteiger partial charge in [0.05, 0.1) is 10.7 Å². The lowest BCUT2D eigenvalue weighted by molar-refractivity contribution is 0.387. The van der Waals surface area contributed by atoms with Crippen LogP contribution in [0.25, 0.3) is 0 Å². The van der Waals surface area contributed by atoms with Gasteiger partial charge in [0, 0.05) is 12.7 Å². The van der Waals surface area contributed by atoms with Crippen molar-refractivity contribution in [1.82, 2.24) is 9.78 Å². The molecule has 0 aliphatic carbocycles. The first-order valence-corrected chi connectivity index (χ1v) is 4.12. The van der Waals surface area contributed by atoms with Crippen LogP contribution in [-0.2, 0) is 6.54 Å². The van der Waals surface area contributed by atoms with Crippen molar-refractivity contribution < 1.29 is 4.74 Å². The SMILES string of the molecule is CCn1cc(I)c(OC)n1. The first-order valence-electron chi connectivity index (χ1n) is 3.05. The molecule has 0 spiro atoms. The van der Waals surface area contributed by atoms with E-state index in [9.17, 15) is 0 Å². The Morgan fingerprint density at radius 1 is 1.80 bits per heavy atom. The maximum absolute atomic E-state index is 4.99. The van der Waals surface area contributed by atoms with E-state index >= 15 is 0 Å². The molecule has 0 atom stereocenters. The molecule has 0 bridgehead atoms. The number of hydrogen-bond donors (Lipinski definition) is 0. The number of aromatic nitrogens is 2. The molecule has 0 amide bonds. The van der Waals surface area contributed by atoms with Crippen molar-refractivity contribution in [2.45, 2.75) is 13.5 Å². The third kappa shape index (κ3) is 1.42. The summed E-state index contributed by atoms with van der Waals surface area (Å²) in [5, 5.41) is 4.13. The minimum absolute atomic E-state index is 0.711. The fourth-order valence-electron chi connectivity index (χ4n) is 0.680. The van der Waals surface area contributed by atoms with Crippen molar-refractivity contribution in [3.8, 4) is 5.88 Å². The lowest BCUT2D eigenvalue weighted by Gasteiger charge is -1.91. The van der Waals surface area contributed by atoms with E-state index in [1.807, 2.05) is 17.8 Å². The smallest absolute Gasteiger partial charge is 0.246 e. The molecule has 0 saturated heterocycles. The van der Waals surface area contributed by atoms with Crippen LogP contribution in [0.4, 0.5) is 0 Å². The Morgan fingerprint density at radius 3 is 2.80 bits per heavy atom. The molecule has 0 aliphatic rings. The molecular weight excluding hydrogens is 243 g/mol. The zero-order valence-electron chi connectivity index (χ0n) is 5.97. The van der Waals surface area contributed by atoms with Gasteiger partial charge in [0.15, 0.2) is 0 Å². The predicted molar refractivity (Wildman–Crippen MR) is 47.2 cm³/mol. The highest BCUT2D eigenvalue weighted by Crippen LogP contribution is 2.16. The van der Waals surface area contributed by atoms with Crippen molar-refractivity contribution in [1.29, 1.82) is 0 Å². The monoisotopic (exact) mass is 252 g/mol. The molecule has 0 saturated carbocycles. The second-order valence-electron chi connectivity index (χ2n) is 1.84. The lowest BCUT2D eigenvalue weighted by atomic mass is 10.7. The van der Waals surface area contributed by atoms with Crippen LogP contribution in [0, 0.1) is 3.57 Å². The van der Waals surface area contributed by atoms with E-state index < -0.39 is 0 Å². The molecule has 10 heavy (non-hydrogen) atoms. The maximum atomic E-state index is 4.99. The summed E-state index contributed by atoms with van der Waals surface area (Å²) in [4.78, 5) is 0. The third-order valence-corrected chi connectivity index (χ3v) is 1.94. The molecule has 0 fully saturated rings. The fraction of sp³-hybridized carbons (Fsp3) is 0.500. The Balaban J connectivity index is 2.92. The number of methoxy groups -OCH3 is 1. The predicted octanol–water partition coefficient (Wildman–Crippen LogP) is 1.52. The van der Waals surface area contributed by atoms with Crippen LogP contribution in [-0.4, -0.2) is 16.9 Å². The van der Waals surface area contributed by atoms with Gasteiger partial charge in [-0.2, -0.15) is 0 Å². The second-order valence-corrected chi connectivity index (χ2v) is 3.00. The average Bonchev–Trinajstić information content (AvgIpc) is 2.30. The minimum atomic E-state index is 0.711. The van der Waals surface area contributed by atoms with Crippen LogP contribution in [0.1, 0.15) is 6.92 Å². The zero-order valence-corrected chi connectivity index (χ0v) is 8.12. The number of nitrogens with zero attached hydrogens (tertiary/aromatic N) is 2. The molecule has 56 valence electrons. The molecule has 0 aliphatic heterocycles. The van der Waals surface area contributed by atoms with Crippen molar-refractivity contribution in [3.05, 3.63) is 9.77 Å². The maximum Gasteiger partial charge on any atom is 0.246 e. The fourth-order valence-corrected chi connectivity index (χ4v) is 1.33. The van der Waals surface area contributed by atoms with E-state index in [0.717, 1.165) is 10.1 Å². The van der Waals surface area contributed by atoms with Gasteiger partial charge in [-0.25, -0.2) is 0 Å². The molecule has 1 aromatic rings. The van der Waals surface area contributed by atoms with E-state index in [2.05, 4.69) is 27.7 Å². The Hall–Kier alpha value is -0.260. The van der Waals surface area contributed by atoms with Gasteiger partial charge in [-0.15, -0.1) is 5.10 Å². The van der Waals surface area contributed by atoms with E-state index in [4.69, 9.17) is 4.74 Å². The molecule has 0 unspecified atom stereocenters. The van der Waals surface area contributed by atoms with Crippen molar-refractivity contribution >= 4 is 22.6 Å². The highest BCUT2D eigenvalue weighted by molar-refractivity contribution is 14.1. The minimum Gasteiger partial charge on any atom is -0.479 e. The Morgan fingerprint density at radius 2 is 2.50 bits per heavy atom. The van der Waals surface area contributed by atoms with Gasteiger partial charge in [-0.1, -0.05) is 0 Å². The largest absolute Gasteiger partial charge is 0.479 e. The lowest BCUT2D eigenvalue weighted by Crippen LogP contribution is -1.94. The third-order valence-electron chi connectivity index (χ3n) is 1.20. The van der Waals surface area contributed by atoms with Crippen molar-refractivity contribution in [2.24, 2.45) is 0 Å². The van der Waals surface area contributed by atoms with Crippen molar-refractivity contribution in [2.75, 3.05) is 7.11 Å². The number of rotatable bonds is 2. The molecule has 0 radical (unpaired) electrons. The van der Waals surface area contributed by atoms with Crippen LogP contribution < -0.4 is 4.74 Å². The van der Waals surface area contributed by atoms with Crippen LogP contribution in [0.3, 0.4) is 0 Å². The van der Waals surface area contributed by atoms with Gasteiger partial charge in [0.1, 0.15) is 0 Å². The van der Waals surface area contributed by atoms with Crippen molar-refractivity contribution in [3.63, 3.8) is 0 Å². The van der Waals surface area contributed by atoms with E-state index in [1.165, 1.54) is 0 Å². The first kappa shape index (κ1) is 7.84. The standard InChI is InChI=1S/C6H9IN2O/c1-3-9-4-5(7)6(8-9)10-2/h4H,3H2,1-2H3. The first-order chi connectivity index (χ1) is 4.77. The van der Waals surface area contributed by atoms with E-state index in [-0.39, 0.29) is 0 Å². The second kappa shape index (κ2) is 3.23. The number of halogens is 1. The number of hydrogen-bond acceptors (Lipinski definition) is 2. The van der Waals surface area contributed by atoms with Gasteiger partial charge < -0.3 is 4.74 Å². The van der Waals surface area contributed by atoms with Gasteiger partial charge in [0.25, 0.3) is 0 Å². The van der Waals surface area contributed by atoms with Gasteiger partial charge >= 0.3 is 0 Å². The van der Waals surface area contributed by atoms with Crippen LogP contribution in [0.5, 0.6) is 5.88 Å². The average molecular weight is 252 g/mol. The molecule has 0 N–H and O–H groups in total. The summed E-state index contributed by atoms with van der Waals surface area (Å²) in [6.45, 7) is 2.93. The molecule has 3 nitrogen and oxygen atoms in total. The number of ether oxygens (including phenoxy) is 1. The summed E-state index contributed by atoms with van der Waals surface area (Å²) in [5.74, 6) is 0.711. The highest BCUT2D eigenvalue weighted by atomic mass is 127. The summed E-state index contributed by atoms with van der Waals surface area (Å²) in [5.41, 5.74) is 0. The Bertz CT molecular complexity index is 222. The molecule has 0 aromatic carbocycles. The summed E-state index contributed by atoms with van der Waals surface area (Å²) < 4.78 is 7.89. The normalized spacial score (nSPS) is 9.90. The van der Waals surface area contributed by atoms with Gasteiger partial charge in [-0.3, -0.25) is 4.68 Å². The molecular formula is C6H9IN2O. The summed E-state index contributed by atoms with van der Waals surface area (Å²) >= 11 is 2.20. The topological polar surface area (TPSA) is 27.1 Å². The van der Waals surface area contributed by atoms with Gasteiger partial charge in [-0.05, 0) is 29.5 Å². The molecule has 1 heterocycles. The summed E-state index contributed by atoms with van der Waals surface area (Å²) in [6.07, 6.45) is 1.96. The van der Waals surface area contributed by atoms with E-state index in [1.54, 1.807) is 7.11 Å². The Labute approximate surface area is 73.5 Å².